The van der Waals surface area contributed by atoms with E-state index >= 15 is 0 Å². The Morgan fingerprint density at radius 2 is 1.58 bits per heavy atom. The molecule has 0 saturated carbocycles. The molecule has 8 nitrogen and oxygen atoms in total. The molecule has 0 atom stereocenters. The molecule has 2 saturated heterocycles. The monoisotopic (exact) mass is 449 g/mol. The highest BCUT2D eigenvalue weighted by molar-refractivity contribution is 6.19. The quantitative estimate of drug-likeness (QED) is 0.496. The first-order valence-electron chi connectivity index (χ1n) is 11.1. The van der Waals surface area contributed by atoms with E-state index in [1.807, 2.05) is 0 Å². The van der Waals surface area contributed by atoms with Gasteiger partial charge in [0.15, 0.2) is 6.61 Å². The number of hydrogen-bond acceptors (Lipinski definition) is 6. The van der Waals surface area contributed by atoms with Crippen LogP contribution in [0.4, 0.5) is 5.69 Å². The topological polar surface area (TPSA) is 87.2 Å². The van der Waals surface area contributed by atoms with Crippen molar-refractivity contribution in [3.8, 4) is 0 Å². The van der Waals surface area contributed by atoms with E-state index in [2.05, 4.69) is 36.1 Å². The van der Waals surface area contributed by atoms with Crippen LogP contribution in [-0.2, 0) is 25.7 Å². The molecule has 2 fully saturated rings. The molecule has 4 rings (SSSR count). The average Bonchev–Trinajstić information content (AvgIpc) is 3.15. The Bertz CT molecular complexity index is 1040. The number of piperazine rings is 1. The third kappa shape index (κ3) is 5.46. The number of aryl methyl sites for hydroxylation is 1. The summed E-state index contributed by atoms with van der Waals surface area (Å²) in [4.78, 5) is 53.6. The number of benzene rings is 2. The molecule has 3 amide bonds. The maximum absolute atomic E-state index is 12.5. The number of ether oxygens (including phenoxy) is 1. The highest BCUT2D eigenvalue weighted by Crippen LogP contribution is 2.23. The van der Waals surface area contributed by atoms with Crippen molar-refractivity contribution in [3.05, 3.63) is 65.2 Å². The van der Waals surface area contributed by atoms with Crippen LogP contribution < -0.4 is 4.90 Å². The van der Waals surface area contributed by atoms with Gasteiger partial charge in [-0.05, 0) is 36.8 Å². The van der Waals surface area contributed by atoms with Gasteiger partial charge < -0.3 is 9.64 Å². The molecule has 0 aromatic heterocycles. The van der Waals surface area contributed by atoms with Crippen molar-refractivity contribution in [1.82, 2.24) is 9.80 Å². The van der Waals surface area contributed by atoms with Crippen LogP contribution >= 0.6 is 0 Å². The summed E-state index contributed by atoms with van der Waals surface area (Å²) < 4.78 is 5.20. The Balaban J connectivity index is 1.23. The van der Waals surface area contributed by atoms with Gasteiger partial charge in [-0.2, -0.15) is 0 Å². The lowest BCUT2D eigenvalue weighted by Gasteiger charge is -2.34. The lowest BCUT2D eigenvalue weighted by Crippen LogP contribution is -2.49. The Hall–Kier alpha value is -3.52. The first kappa shape index (κ1) is 22.7. The van der Waals surface area contributed by atoms with Crippen LogP contribution in [0.3, 0.4) is 0 Å². The van der Waals surface area contributed by atoms with Crippen molar-refractivity contribution in [2.45, 2.75) is 26.3 Å². The molecule has 2 aliphatic heterocycles. The van der Waals surface area contributed by atoms with Gasteiger partial charge >= 0.3 is 5.97 Å². The van der Waals surface area contributed by atoms with E-state index in [1.165, 1.54) is 35.4 Å². The van der Waals surface area contributed by atoms with Crippen LogP contribution in [0.25, 0.3) is 0 Å². The van der Waals surface area contributed by atoms with Crippen LogP contribution in [0, 0.1) is 6.92 Å². The van der Waals surface area contributed by atoms with Crippen molar-refractivity contribution in [1.29, 1.82) is 0 Å². The number of rotatable bonds is 6. The predicted octanol–water partition coefficient (Wildman–Crippen LogP) is 2.15. The molecule has 2 heterocycles. The van der Waals surface area contributed by atoms with Crippen LogP contribution in [-0.4, -0.2) is 66.3 Å². The van der Waals surface area contributed by atoms with Gasteiger partial charge in [-0.1, -0.05) is 29.8 Å². The first-order valence-corrected chi connectivity index (χ1v) is 11.1. The minimum absolute atomic E-state index is 0.199. The van der Waals surface area contributed by atoms with E-state index in [1.54, 1.807) is 4.90 Å². The molecular weight excluding hydrogens is 422 g/mol. The molecule has 0 spiro atoms. The highest BCUT2D eigenvalue weighted by Gasteiger charge is 2.30. The number of carbonyl (C=O) groups excluding carboxylic acids is 4. The fraction of sp³-hybridized carbons (Fsp3) is 0.360. The van der Waals surface area contributed by atoms with Gasteiger partial charge in [-0.3, -0.25) is 24.2 Å². The van der Waals surface area contributed by atoms with Gasteiger partial charge in [0.1, 0.15) is 0 Å². The minimum Gasteiger partial charge on any atom is -0.452 e. The number of hydrogen-bond donors (Lipinski definition) is 0. The van der Waals surface area contributed by atoms with Gasteiger partial charge in [-0.15, -0.1) is 0 Å². The minimum atomic E-state index is -0.618. The van der Waals surface area contributed by atoms with Gasteiger partial charge in [-0.25, -0.2) is 4.79 Å². The largest absolute Gasteiger partial charge is 0.452 e. The van der Waals surface area contributed by atoms with E-state index in [0.717, 1.165) is 24.5 Å². The zero-order valence-electron chi connectivity index (χ0n) is 18.7. The molecule has 2 aliphatic rings. The number of carbonyl (C=O) groups is 4. The predicted molar refractivity (Wildman–Crippen MR) is 121 cm³/mol. The second kappa shape index (κ2) is 9.95. The maximum Gasteiger partial charge on any atom is 0.338 e. The lowest BCUT2D eigenvalue weighted by atomic mass is 10.1. The Morgan fingerprint density at radius 3 is 2.21 bits per heavy atom. The summed E-state index contributed by atoms with van der Waals surface area (Å²) in [5, 5.41) is 0. The standard InChI is InChI=1S/C25H27N3O5/c1-18-3-2-4-19(15-18)16-26-11-13-27(14-12-26)24(31)17-33-25(32)20-5-7-21(8-6-20)28-22(29)9-10-23(28)30/h2-8,15H,9-14,16-17H2,1H3. The van der Waals surface area contributed by atoms with Crippen molar-refractivity contribution in [2.24, 2.45) is 0 Å². The number of amides is 3. The molecule has 172 valence electrons. The Kier molecular flexibility index (Phi) is 6.84. The van der Waals surface area contributed by atoms with E-state index in [-0.39, 0.29) is 42.7 Å². The number of nitrogens with zero attached hydrogens (tertiary/aromatic N) is 3. The van der Waals surface area contributed by atoms with E-state index in [0.29, 0.717) is 18.8 Å². The fourth-order valence-electron chi connectivity index (χ4n) is 4.14. The second-order valence-corrected chi connectivity index (χ2v) is 8.39. The van der Waals surface area contributed by atoms with Crippen LogP contribution in [0.5, 0.6) is 0 Å². The summed E-state index contributed by atoms with van der Waals surface area (Å²) in [6.07, 6.45) is 0.399. The summed E-state index contributed by atoms with van der Waals surface area (Å²) in [7, 11) is 0. The molecule has 0 aliphatic carbocycles. The van der Waals surface area contributed by atoms with Crippen molar-refractivity contribution in [3.63, 3.8) is 0 Å². The Labute approximate surface area is 192 Å². The zero-order chi connectivity index (χ0) is 23.4. The van der Waals surface area contributed by atoms with Crippen molar-refractivity contribution >= 4 is 29.4 Å². The molecule has 33 heavy (non-hydrogen) atoms. The zero-order valence-corrected chi connectivity index (χ0v) is 18.7. The number of imide groups is 1. The van der Waals surface area contributed by atoms with Gasteiger partial charge in [0.05, 0.1) is 11.3 Å². The second-order valence-electron chi connectivity index (χ2n) is 8.39. The maximum atomic E-state index is 12.5. The summed E-state index contributed by atoms with van der Waals surface area (Å²) in [6, 6.07) is 14.5. The summed E-state index contributed by atoms with van der Waals surface area (Å²) in [5.41, 5.74) is 3.18. The summed E-state index contributed by atoms with van der Waals surface area (Å²) >= 11 is 0. The third-order valence-electron chi connectivity index (χ3n) is 5.95. The van der Waals surface area contributed by atoms with Crippen LogP contribution in [0.1, 0.15) is 34.3 Å². The SMILES string of the molecule is Cc1cccc(CN2CCN(C(=O)COC(=O)c3ccc(N4C(=O)CCC4=O)cc3)CC2)c1. The van der Waals surface area contributed by atoms with Crippen molar-refractivity contribution in [2.75, 3.05) is 37.7 Å². The molecule has 8 heteroatoms. The normalized spacial score (nSPS) is 16.9. The summed E-state index contributed by atoms with van der Waals surface area (Å²) in [5.74, 6) is -1.34. The van der Waals surface area contributed by atoms with E-state index < -0.39 is 5.97 Å². The first-order chi connectivity index (χ1) is 15.9. The molecule has 0 radical (unpaired) electrons. The van der Waals surface area contributed by atoms with Gasteiger partial charge in [0.25, 0.3) is 5.91 Å². The molecule has 0 bridgehead atoms. The van der Waals surface area contributed by atoms with Crippen LogP contribution in [0.15, 0.2) is 48.5 Å². The van der Waals surface area contributed by atoms with Crippen molar-refractivity contribution < 1.29 is 23.9 Å². The average molecular weight is 450 g/mol. The molecular formula is C25H27N3O5. The molecule has 0 N–H and O–H groups in total. The Morgan fingerprint density at radius 1 is 0.909 bits per heavy atom. The fourth-order valence-corrected chi connectivity index (χ4v) is 4.14. The van der Waals surface area contributed by atoms with E-state index in [4.69, 9.17) is 4.74 Å². The highest BCUT2D eigenvalue weighted by atomic mass is 16.5. The summed E-state index contributed by atoms with van der Waals surface area (Å²) in [6.45, 7) is 5.33. The number of anilines is 1. The van der Waals surface area contributed by atoms with E-state index in [9.17, 15) is 19.2 Å². The number of esters is 1. The molecule has 0 unspecified atom stereocenters. The third-order valence-corrected chi connectivity index (χ3v) is 5.95. The van der Waals surface area contributed by atoms with Gasteiger partial charge in [0.2, 0.25) is 11.8 Å². The smallest absolute Gasteiger partial charge is 0.338 e. The van der Waals surface area contributed by atoms with Crippen LogP contribution in [0.2, 0.25) is 0 Å². The lowest BCUT2D eigenvalue weighted by molar-refractivity contribution is -0.136. The molecule has 2 aromatic carbocycles. The van der Waals surface area contributed by atoms with Gasteiger partial charge in [0, 0.05) is 45.6 Å². The molecule has 2 aromatic rings.